The second kappa shape index (κ2) is 6.18. The Bertz CT molecular complexity index is 647. The Morgan fingerprint density at radius 1 is 1.21 bits per heavy atom. The fourth-order valence-corrected chi connectivity index (χ4v) is 2.51. The minimum absolute atomic E-state index is 0.00875. The van der Waals surface area contributed by atoms with Crippen molar-refractivity contribution in [2.24, 2.45) is 0 Å². The number of hydrogen-bond donors (Lipinski definition) is 0. The van der Waals surface area contributed by atoms with Gasteiger partial charge in [-0.25, -0.2) is 0 Å². The van der Waals surface area contributed by atoms with Gasteiger partial charge in [0.1, 0.15) is 0 Å². The number of allylic oxidation sites excluding steroid dienone is 1. The summed E-state index contributed by atoms with van der Waals surface area (Å²) in [5.41, 5.74) is 2.69. The van der Waals surface area contributed by atoms with E-state index < -0.39 is 0 Å². The predicted molar refractivity (Wildman–Crippen MR) is 83.7 cm³/mol. The van der Waals surface area contributed by atoms with Crippen molar-refractivity contribution in [3.8, 4) is 0 Å². The molecule has 96 valence electrons. The molecule has 0 aliphatic carbocycles. The monoisotopic (exact) mass is 334 g/mol. The predicted octanol–water partition coefficient (Wildman–Crippen LogP) is 5.31. The molecule has 0 saturated carbocycles. The van der Waals surface area contributed by atoms with Crippen LogP contribution in [0.5, 0.6) is 0 Å². The number of carbonyl (C=O) groups is 1. The molecule has 0 aromatic heterocycles. The SMILES string of the molecule is Cc1cccc(C(=O)/C=C/c2ccc(Cl)cc2Br)c1. The van der Waals surface area contributed by atoms with Crippen LogP contribution in [0.25, 0.3) is 6.08 Å². The van der Waals surface area contributed by atoms with E-state index in [4.69, 9.17) is 11.6 Å². The van der Waals surface area contributed by atoms with Gasteiger partial charge in [0.25, 0.3) is 0 Å². The third kappa shape index (κ3) is 3.79. The summed E-state index contributed by atoms with van der Waals surface area (Å²) in [7, 11) is 0. The molecule has 0 spiro atoms. The van der Waals surface area contributed by atoms with Crippen LogP contribution in [0.1, 0.15) is 21.5 Å². The summed E-state index contributed by atoms with van der Waals surface area (Å²) in [6, 6.07) is 13.0. The van der Waals surface area contributed by atoms with Crippen LogP contribution in [0, 0.1) is 6.92 Å². The van der Waals surface area contributed by atoms with E-state index in [0.29, 0.717) is 10.6 Å². The smallest absolute Gasteiger partial charge is 0.185 e. The van der Waals surface area contributed by atoms with Gasteiger partial charge >= 0.3 is 0 Å². The molecule has 0 atom stereocenters. The molecule has 19 heavy (non-hydrogen) atoms. The van der Waals surface area contributed by atoms with Gasteiger partial charge in [0.2, 0.25) is 0 Å². The van der Waals surface area contributed by atoms with Gasteiger partial charge in [-0.15, -0.1) is 0 Å². The van der Waals surface area contributed by atoms with Gasteiger partial charge in [-0.2, -0.15) is 0 Å². The number of aryl methyl sites for hydroxylation is 1. The first-order valence-electron chi connectivity index (χ1n) is 5.80. The highest BCUT2D eigenvalue weighted by atomic mass is 79.9. The summed E-state index contributed by atoms with van der Waals surface area (Å²) in [6.07, 6.45) is 3.36. The van der Waals surface area contributed by atoms with E-state index in [1.165, 1.54) is 0 Å². The first-order valence-corrected chi connectivity index (χ1v) is 6.97. The number of carbonyl (C=O) groups excluding carboxylic acids is 1. The second-order valence-electron chi connectivity index (χ2n) is 4.23. The Hall–Kier alpha value is -1.38. The zero-order valence-corrected chi connectivity index (χ0v) is 12.7. The van der Waals surface area contributed by atoms with E-state index in [9.17, 15) is 4.79 Å². The zero-order valence-electron chi connectivity index (χ0n) is 10.4. The third-order valence-electron chi connectivity index (χ3n) is 2.68. The first-order chi connectivity index (χ1) is 9.06. The molecule has 0 N–H and O–H groups in total. The van der Waals surface area contributed by atoms with Gasteiger partial charge < -0.3 is 0 Å². The fraction of sp³-hybridized carbons (Fsp3) is 0.0625. The first kappa shape index (κ1) is 14.0. The Morgan fingerprint density at radius 3 is 2.68 bits per heavy atom. The van der Waals surface area contributed by atoms with Crippen LogP contribution in [0.2, 0.25) is 5.02 Å². The molecule has 2 aromatic carbocycles. The molecule has 0 heterocycles. The highest BCUT2D eigenvalue weighted by Gasteiger charge is 2.02. The van der Waals surface area contributed by atoms with Crippen molar-refractivity contribution in [2.45, 2.75) is 6.92 Å². The average molecular weight is 336 g/mol. The lowest BCUT2D eigenvalue weighted by Crippen LogP contribution is -1.94. The van der Waals surface area contributed by atoms with E-state index in [0.717, 1.165) is 15.6 Å². The summed E-state index contributed by atoms with van der Waals surface area (Å²) < 4.78 is 0.869. The topological polar surface area (TPSA) is 17.1 Å². The van der Waals surface area contributed by atoms with Gasteiger partial charge in [0.15, 0.2) is 5.78 Å². The Balaban J connectivity index is 2.21. The number of halogens is 2. The molecule has 0 bridgehead atoms. The molecule has 0 aliphatic rings. The largest absolute Gasteiger partial charge is 0.289 e. The van der Waals surface area contributed by atoms with Gasteiger partial charge in [0, 0.05) is 15.1 Å². The van der Waals surface area contributed by atoms with Crippen LogP contribution >= 0.6 is 27.5 Å². The molecular formula is C16H12BrClO. The molecule has 0 radical (unpaired) electrons. The van der Waals surface area contributed by atoms with Crippen LogP contribution in [0.4, 0.5) is 0 Å². The highest BCUT2D eigenvalue weighted by molar-refractivity contribution is 9.10. The lowest BCUT2D eigenvalue weighted by Gasteiger charge is -2.00. The summed E-state index contributed by atoms with van der Waals surface area (Å²) in [5, 5.41) is 0.661. The van der Waals surface area contributed by atoms with Crippen LogP contribution in [-0.4, -0.2) is 5.78 Å². The summed E-state index contributed by atoms with van der Waals surface area (Å²) >= 11 is 9.29. The highest BCUT2D eigenvalue weighted by Crippen LogP contribution is 2.22. The maximum atomic E-state index is 12.0. The van der Waals surface area contributed by atoms with Crippen molar-refractivity contribution in [3.05, 3.63) is 74.7 Å². The molecule has 1 nitrogen and oxygen atoms in total. The number of benzene rings is 2. The van der Waals surface area contributed by atoms with E-state index in [1.807, 2.05) is 37.3 Å². The molecular weight excluding hydrogens is 324 g/mol. The van der Waals surface area contributed by atoms with E-state index in [2.05, 4.69) is 15.9 Å². The van der Waals surface area contributed by atoms with E-state index >= 15 is 0 Å². The molecule has 0 saturated heterocycles. The summed E-state index contributed by atoms with van der Waals surface area (Å²) in [4.78, 5) is 12.0. The molecule has 3 heteroatoms. The van der Waals surface area contributed by atoms with E-state index in [-0.39, 0.29) is 5.78 Å². The maximum absolute atomic E-state index is 12.0. The van der Waals surface area contributed by atoms with Crippen molar-refractivity contribution in [1.29, 1.82) is 0 Å². The Kier molecular flexibility index (Phi) is 4.56. The van der Waals surface area contributed by atoms with Gasteiger partial charge in [0.05, 0.1) is 0 Å². The number of rotatable bonds is 3. The Morgan fingerprint density at radius 2 is 2.00 bits per heavy atom. The lowest BCUT2D eigenvalue weighted by molar-refractivity contribution is 0.104. The van der Waals surface area contributed by atoms with Crippen molar-refractivity contribution in [2.75, 3.05) is 0 Å². The van der Waals surface area contributed by atoms with Crippen molar-refractivity contribution in [3.63, 3.8) is 0 Å². The zero-order chi connectivity index (χ0) is 13.8. The number of hydrogen-bond acceptors (Lipinski definition) is 1. The van der Waals surface area contributed by atoms with Crippen LogP contribution in [0.3, 0.4) is 0 Å². The standard InChI is InChI=1S/C16H12BrClO/c1-11-3-2-4-13(9-11)16(19)8-6-12-5-7-14(18)10-15(12)17/h2-10H,1H3/b8-6+. The van der Waals surface area contributed by atoms with Crippen LogP contribution in [-0.2, 0) is 0 Å². The minimum Gasteiger partial charge on any atom is -0.289 e. The fourth-order valence-electron chi connectivity index (χ4n) is 1.70. The molecule has 0 fully saturated rings. The number of ketones is 1. The molecule has 2 rings (SSSR count). The van der Waals surface area contributed by atoms with Crippen molar-refractivity contribution in [1.82, 2.24) is 0 Å². The lowest BCUT2D eigenvalue weighted by atomic mass is 10.1. The van der Waals surface area contributed by atoms with Gasteiger partial charge in [-0.1, -0.05) is 57.4 Å². The Labute approximate surface area is 126 Å². The molecule has 0 amide bonds. The normalized spacial score (nSPS) is 10.9. The quantitative estimate of drug-likeness (QED) is 0.549. The van der Waals surface area contributed by atoms with Crippen molar-refractivity contribution < 1.29 is 4.79 Å². The minimum atomic E-state index is -0.00875. The summed E-state index contributed by atoms with van der Waals surface area (Å²) in [5.74, 6) is -0.00875. The maximum Gasteiger partial charge on any atom is 0.185 e. The van der Waals surface area contributed by atoms with Crippen LogP contribution < -0.4 is 0 Å². The van der Waals surface area contributed by atoms with Crippen LogP contribution in [0.15, 0.2) is 53.0 Å². The second-order valence-corrected chi connectivity index (χ2v) is 5.52. The summed E-state index contributed by atoms with van der Waals surface area (Å²) in [6.45, 7) is 1.97. The third-order valence-corrected chi connectivity index (χ3v) is 3.60. The molecule has 0 aliphatic heterocycles. The van der Waals surface area contributed by atoms with Gasteiger partial charge in [-0.05, 0) is 42.8 Å². The van der Waals surface area contributed by atoms with Crippen molar-refractivity contribution >= 4 is 39.4 Å². The van der Waals surface area contributed by atoms with Gasteiger partial charge in [-0.3, -0.25) is 4.79 Å². The van der Waals surface area contributed by atoms with E-state index in [1.54, 1.807) is 24.3 Å². The molecule has 2 aromatic rings. The molecule has 0 unspecified atom stereocenters. The average Bonchev–Trinajstić information content (AvgIpc) is 2.37.